The normalized spacial score (nSPS) is 12.9. The summed E-state index contributed by atoms with van der Waals surface area (Å²) in [7, 11) is 0. The first-order chi connectivity index (χ1) is 5.33. The largest absolute Gasteiger partial charge is 0.395 e. The smallest absolute Gasteiger partial charge is 0.115 e. The molecule has 3 N–H and O–H groups in total. The lowest BCUT2D eigenvalue weighted by molar-refractivity contribution is 0.264. The van der Waals surface area contributed by atoms with Gasteiger partial charge in [0.25, 0.3) is 0 Å². The minimum atomic E-state index is -0.218. The molecule has 60 valence electrons. The van der Waals surface area contributed by atoms with Gasteiger partial charge in [-0.05, 0) is 6.07 Å². The lowest BCUT2D eigenvalue weighted by atomic mass is 10.2. The zero-order valence-electron chi connectivity index (χ0n) is 6.14. The molecule has 1 atom stereocenters. The van der Waals surface area contributed by atoms with Crippen molar-refractivity contribution in [3.05, 3.63) is 24.3 Å². The Kier molecular flexibility index (Phi) is 2.95. The standard InChI is InChI=1S/C7H11N3O/c8-6(4-11)3-7-1-2-9-5-10-7/h1-2,5-6,11H,3-4,8H2/t6-/m0/s1. The predicted molar refractivity (Wildman–Crippen MR) is 40.8 cm³/mol. The van der Waals surface area contributed by atoms with Crippen LogP contribution >= 0.6 is 0 Å². The first-order valence-corrected chi connectivity index (χ1v) is 3.44. The lowest BCUT2D eigenvalue weighted by Gasteiger charge is -2.05. The molecule has 1 aromatic heterocycles. The Bertz CT molecular complexity index is 202. The quantitative estimate of drug-likeness (QED) is 0.604. The Morgan fingerprint density at radius 1 is 1.64 bits per heavy atom. The molecule has 0 unspecified atom stereocenters. The highest BCUT2D eigenvalue weighted by molar-refractivity contribution is 4.99. The van der Waals surface area contributed by atoms with Gasteiger partial charge in [0.1, 0.15) is 6.33 Å². The number of nitrogens with two attached hydrogens (primary N) is 1. The maximum atomic E-state index is 8.63. The summed E-state index contributed by atoms with van der Waals surface area (Å²) in [5, 5.41) is 8.63. The second kappa shape index (κ2) is 4.00. The molecule has 0 spiro atoms. The summed E-state index contributed by atoms with van der Waals surface area (Å²) in [6.07, 6.45) is 3.73. The number of nitrogens with zero attached hydrogens (tertiary/aromatic N) is 2. The van der Waals surface area contributed by atoms with Crippen LogP contribution in [0.5, 0.6) is 0 Å². The third kappa shape index (κ3) is 2.61. The van der Waals surface area contributed by atoms with Crippen LogP contribution in [0.2, 0.25) is 0 Å². The second-order valence-corrected chi connectivity index (χ2v) is 2.35. The molecule has 0 fully saturated rings. The maximum absolute atomic E-state index is 8.63. The van der Waals surface area contributed by atoms with E-state index in [2.05, 4.69) is 9.97 Å². The van der Waals surface area contributed by atoms with Gasteiger partial charge in [0.15, 0.2) is 0 Å². The Balaban J connectivity index is 2.51. The van der Waals surface area contributed by atoms with Crippen molar-refractivity contribution in [2.45, 2.75) is 12.5 Å². The molecule has 0 saturated carbocycles. The van der Waals surface area contributed by atoms with Crippen LogP contribution in [-0.4, -0.2) is 27.7 Å². The van der Waals surface area contributed by atoms with Crippen molar-refractivity contribution in [3.63, 3.8) is 0 Å². The highest BCUT2D eigenvalue weighted by Gasteiger charge is 2.01. The van der Waals surface area contributed by atoms with E-state index in [1.807, 2.05) is 0 Å². The number of hydrogen-bond acceptors (Lipinski definition) is 4. The van der Waals surface area contributed by atoms with Crippen molar-refractivity contribution in [1.29, 1.82) is 0 Å². The Labute approximate surface area is 65.1 Å². The Morgan fingerprint density at radius 3 is 3.00 bits per heavy atom. The number of rotatable bonds is 3. The minimum Gasteiger partial charge on any atom is -0.395 e. The molecule has 0 aromatic carbocycles. The van der Waals surface area contributed by atoms with Crippen LogP contribution in [0.25, 0.3) is 0 Å². The third-order valence-electron chi connectivity index (χ3n) is 1.35. The number of aliphatic hydroxyl groups excluding tert-OH is 1. The van der Waals surface area contributed by atoms with Gasteiger partial charge in [0.05, 0.1) is 6.61 Å². The summed E-state index contributed by atoms with van der Waals surface area (Å²) in [6, 6.07) is 1.57. The van der Waals surface area contributed by atoms with E-state index in [0.717, 1.165) is 5.69 Å². The molecule has 1 heterocycles. The Morgan fingerprint density at radius 2 is 2.45 bits per heavy atom. The summed E-state index contributed by atoms with van der Waals surface area (Å²) in [4.78, 5) is 7.73. The first kappa shape index (κ1) is 8.10. The van der Waals surface area contributed by atoms with Crippen molar-refractivity contribution in [1.82, 2.24) is 9.97 Å². The van der Waals surface area contributed by atoms with Crippen LogP contribution in [0.1, 0.15) is 5.69 Å². The fourth-order valence-electron chi connectivity index (χ4n) is 0.772. The van der Waals surface area contributed by atoms with Crippen LogP contribution < -0.4 is 5.73 Å². The molecule has 0 bridgehead atoms. The molecule has 1 rings (SSSR count). The van der Waals surface area contributed by atoms with Crippen molar-refractivity contribution < 1.29 is 5.11 Å². The van der Waals surface area contributed by atoms with Crippen molar-refractivity contribution in [2.24, 2.45) is 5.73 Å². The van der Waals surface area contributed by atoms with Crippen LogP contribution in [0.4, 0.5) is 0 Å². The van der Waals surface area contributed by atoms with Gasteiger partial charge in [0, 0.05) is 24.4 Å². The number of aromatic nitrogens is 2. The van der Waals surface area contributed by atoms with Crippen LogP contribution in [0.15, 0.2) is 18.6 Å². The monoisotopic (exact) mass is 153 g/mol. The van der Waals surface area contributed by atoms with E-state index in [9.17, 15) is 0 Å². The first-order valence-electron chi connectivity index (χ1n) is 3.44. The molecular formula is C7H11N3O. The molecule has 4 heteroatoms. The van der Waals surface area contributed by atoms with Crippen LogP contribution in [0, 0.1) is 0 Å². The highest BCUT2D eigenvalue weighted by Crippen LogP contribution is 1.94. The molecule has 0 aliphatic heterocycles. The molecular weight excluding hydrogens is 142 g/mol. The summed E-state index contributed by atoms with van der Waals surface area (Å²) in [6.45, 7) is -0.00992. The molecule has 0 amide bonds. The van der Waals surface area contributed by atoms with Gasteiger partial charge in [-0.3, -0.25) is 0 Å². The van der Waals surface area contributed by atoms with E-state index in [1.165, 1.54) is 6.33 Å². The molecule has 0 aliphatic carbocycles. The van der Waals surface area contributed by atoms with Gasteiger partial charge in [0.2, 0.25) is 0 Å². The Hall–Kier alpha value is -1.00. The number of hydrogen-bond donors (Lipinski definition) is 2. The van der Waals surface area contributed by atoms with Crippen molar-refractivity contribution in [3.8, 4) is 0 Å². The molecule has 4 nitrogen and oxygen atoms in total. The predicted octanol–water partition coefficient (Wildman–Crippen LogP) is -0.661. The SMILES string of the molecule is N[C@H](CO)Cc1ccncn1. The van der Waals surface area contributed by atoms with E-state index in [1.54, 1.807) is 12.3 Å². The summed E-state index contributed by atoms with van der Waals surface area (Å²) in [5.41, 5.74) is 6.36. The summed E-state index contributed by atoms with van der Waals surface area (Å²) < 4.78 is 0. The second-order valence-electron chi connectivity index (χ2n) is 2.35. The topological polar surface area (TPSA) is 72.0 Å². The molecule has 0 aliphatic rings. The third-order valence-corrected chi connectivity index (χ3v) is 1.35. The molecule has 0 saturated heterocycles. The molecule has 11 heavy (non-hydrogen) atoms. The van der Waals surface area contributed by atoms with E-state index >= 15 is 0 Å². The maximum Gasteiger partial charge on any atom is 0.115 e. The van der Waals surface area contributed by atoms with E-state index in [0.29, 0.717) is 6.42 Å². The van der Waals surface area contributed by atoms with E-state index in [-0.39, 0.29) is 12.6 Å². The summed E-state index contributed by atoms with van der Waals surface area (Å²) >= 11 is 0. The van der Waals surface area contributed by atoms with Crippen molar-refractivity contribution >= 4 is 0 Å². The van der Waals surface area contributed by atoms with Gasteiger partial charge < -0.3 is 10.8 Å². The van der Waals surface area contributed by atoms with Crippen LogP contribution in [-0.2, 0) is 6.42 Å². The van der Waals surface area contributed by atoms with Gasteiger partial charge in [-0.25, -0.2) is 9.97 Å². The van der Waals surface area contributed by atoms with Crippen LogP contribution in [0.3, 0.4) is 0 Å². The van der Waals surface area contributed by atoms with Gasteiger partial charge in [-0.2, -0.15) is 0 Å². The molecule has 0 radical (unpaired) electrons. The van der Waals surface area contributed by atoms with Gasteiger partial charge in [-0.15, -0.1) is 0 Å². The van der Waals surface area contributed by atoms with E-state index in [4.69, 9.17) is 10.8 Å². The lowest BCUT2D eigenvalue weighted by Crippen LogP contribution is -2.27. The minimum absolute atomic E-state index is 0.00992. The fourth-order valence-corrected chi connectivity index (χ4v) is 0.772. The summed E-state index contributed by atoms with van der Waals surface area (Å²) in [5.74, 6) is 0. The van der Waals surface area contributed by atoms with Gasteiger partial charge in [-0.1, -0.05) is 0 Å². The average Bonchev–Trinajstić information content (AvgIpc) is 2.06. The fraction of sp³-hybridized carbons (Fsp3) is 0.429. The zero-order valence-corrected chi connectivity index (χ0v) is 6.14. The zero-order chi connectivity index (χ0) is 8.10. The van der Waals surface area contributed by atoms with Crippen molar-refractivity contribution in [2.75, 3.05) is 6.61 Å². The molecule has 1 aromatic rings. The average molecular weight is 153 g/mol. The highest BCUT2D eigenvalue weighted by atomic mass is 16.3. The van der Waals surface area contributed by atoms with Gasteiger partial charge >= 0.3 is 0 Å². The number of aliphatic hydroxyl groups is 1. The van der Waals surface area contributed by atoms with E-state index < -0.39 is 0 Å².